The summed E-state index contributed by atoms with van der Waals surface area (Å²) in [5.41, 5.74) is 3.27. The molecule has 1 amide bonds. The summed E-state index contributed by atoms with van der Waals surface area (Å²) < 4.78 is 5.94. The largest absolute Gasteiger partial charge is 0.440 e. The molecule has 6 nitrogen and oxygen atoms in total. The first-order chi connectivity index (χ1) is 15.5. The molecule has 6 rings (SSSR count). The predicted octanol–water partition coefficient (Wildman–Crippen LogP) is 5.76. The maximum absolute atomic E-state index is 12.8. The van der Waals surface area contributed by atoms with E-state index in [0.717, 1.165) is 58.3 Å². The summed E-state index contributed by atoms with van der Waals surface area (Å²) >= 11 is 7.63. The molecule has 0 bridgehead atoms. The number of pyridine rings is 1. The molecule has 2 aliphatic rings. The Balaban J connectivity index is 1.06. The Morgan fingerprint density at radius 1 is 1.19 bits per heavy atom. The quantitative estimate of drug-likeness (QED) is 0.415. The van der Waals surface area contributed by atoms with Gasteiger partial charge >= 0.3 is 0 Å². The topological polar surface area (TPSA) is 80.9 Å². The molecule has 0 unspecified atom stereocenters. The van der Waals surface area contributed by atoms with Gasteiger partial charge in [0.05, 0.1) is 5.69 Å². The molecule has 2 aliphatic carbocycles. The molecule has 0 aliphatic heterocycles. The Bertz CT molecular complexity index is 1330. The Labute approximate surface area is 194 Å². The molecular weight excluding hydrogens is 444 g/mol. The Morgan fingerprint density at radius 2 is 2.03 bits per heavy atom. The number of nitrogens with zero attached hydrogens (tertiary/aromatic N) is 3. The molecule has 2 fully saturated rings. The van der Waals surface area contributed by atoms with Crippen molar-refractivity contribution < 1.29 is 9.21 Å². The first kappa shape index (κ1) is 19.9. The van der Waals surface area contributed by atoms with E-state index in [1.165, 1.54) is 0 Å². The summed E-state index contributed by atoms with van der Waals surface area (Å²) in [6, 6.07) is 9.33. The minimum Gasteiger partial charge on any atom is -0.440 e. The van der Waals surface area contributed by atoms with E-state index in [1.54, 1.807) is 23.6 Å². The van der Waals surface area contributed by atoms with E-state index in [-0.39, 0.29) is 11.9 Å². The van der Waals surface area contributed by atoms with E-state index in [0.29, 0.717) is 21.9 Å². The number of hydrogen-bond acceptors (Lipinski definition) is 6. The number of fused-ring (bicyclic) bond motifs is 1. The van der Waals surface area contributed by atoms with Crippen LogP contribution in [0.5, 0.6) is 0 Å². The van der Waals surface area contributed by atoms with Gasteiger partial charge in [-0.15, -0.1) is 11.3 Å². The van der Waals surface area contributed by atoms with Crippen molar-refractivity contribution in [3.63, 3.8) is 0 Å². The highest BCUT2D eigenvalue weighted by Crippen LogP contribution is 2.61. The van der Waals surface area contributed by atoms with E-state index < -0.39 is 0 Å². The molecule has 3 heterocycles. The van der Waals surface area contributed by atoms with Gasteiger partial charge < -0.3 is 9.73 Å². The van der Waals surface area contributed by atoms with Gasteiger partial charge in [0, 0.05) is 39.8 Å². The van der Waals surface area contributed by atoms with Gasteiger partial charge in [0.2, 0.25) is 0 Å². The van der Waals surface area contributed by atoms with Crippen LogP contribution >= 0.6 is 22.9 Å². The van der Waals surface area contributed by atoms with Crippen LogP contribution in [-0.2, 0) is 0 Å². The Morgan fingerprint density at radius 3 is 2.81 bits per heavy atom. The van der Waals surface area contributed by atoms with Crippen molar-refractivity contribution in [2.75, 3.05) is 0 Å². The van der Waals surface area contributed by atoms with Crippen molar-refractivity contribution in [1.29, 1.82) is 0 Å². The molecule has 3 aromatic heterocycles. The summed E-state index contributed by atoms with van der Waals surface area (Å²) in [4.78, 5) is 27.3. The van der Waals surface area contributed by atoms with E-state index in [9.17, 15) is 4.79 Å². The highest BCUT2D eigenvalue weighted by atomic mass is 35.5. The van der Waals surface area contributed by atoms with Crippen LogP contribution in [0.2, 0.25) is 5.02 Å². The zero-order valence-electron chi connectivity index (χ0n) is 17.5. The third kappa shape index (κ3) is 3.49. The highest BCUT2D eigenvalue weighted by Gasteiger charge is 2.54. The molecule has 0 atom stereocenters. The Kier molecular flexibility index (Phi) is 4.59. The van der Waals surface area contributed by atoms with Crippen molar-refractivity contribution >= 4 is 39.9 Å². The molecule has 0 radical (unpaired) electrons. The molecule has 2 saturated carbocycles. The van der Waals surface area contributed by atoms with Gasteiger partial charge in [-0.25, -0.2) is 9.97 Å². The number of carbonyl (C=O) groups excluding carboxylic acids is 1. The van der Waals surface area contributed by atoms with Gasteiger partial charge in [-0.05, 0) is 68.4 Å². The standard InChI is InChI=1S/C24H21ClN4O2S/c1-13-12-27-23(32-13)19-6-14(4-5-26-19)21(30)28-17-10-24(11-17)8-15(9-24)22-29-18-7-16(25)2-3-20(18)31-22/h2-7,12,15,17H,8-11H2,1H3,(H,28,30). The van der Waals surface area contributed by atoms with Crippen LogP contribution in [0.3, 0.4) is 0 Å². The lowest BCUT2D eigenvalue weighted by molar-refractivity contribution is -0.0253. The SMILES string of the molecule is Cc1cnc(-c2cc(C(=O)NC3CC4(C3)CC(c3nc5cc(Cl)ccc5o3)C4)ccn2)s1. The lowest BCUT2D eigenvalue weighted by atomic mass is 9.50. The smallest absolute Gasteiger partial charge is 0.251 e. The van der Waals surface area contributed by atoms with E-state index >= 15 is 0 Å². The van der Waals surface area contributed by atoms with Crippen molar-refractivity contribution in [3.8, 4) is 10.7 Å². The minimum absolute atomic E-state index is 0.0477. The van der Waals surface area contributed by atoms with Crippen LogP contribution in [0.1, 0.15) is 52.7 Å². The van der Waals surface area contributed by atoms with E-state index in [1.807, 2.05) is 37.4 Å². The molecule has 0 saturated heterocycles. The van der Waals surface area contributed by atoms with Crippen molar-refractivity contribution in [3.05, 3.63) is 64.1 Å². The lowest BCUT2D eigenvalue weighted by Gasteiger charge is -2.57. The van der Waals surface area contributed by atoms with Gasteiger partial charge in [0.25, 0.3) is 5.91 Å². The molecule has 1 aromatic carbocycles. The third-order valence-electron chi connectivity index (χ3n) is 6.63. The first-order valence-electron chi connectivity index (χ1n) is 10.7. The summed E-state index contributed by atoms with van der Waals surface area (Å²) in [5, 5.41) is 4.69. The minimum atomic E-state index is -0.0477. The van der Waals surface area contributed by atoms with Gasteiger partial charge in [-0.3, -0.25) is 9.78 Å². The fourth-order valence-corrected chi connectivity index (χ4v) is 6.00. The number of halogens is 1. The molecule has 8 heteroatoms. The summed E-state index contributed by atoms with van der Waals surface area (Å²) in [6.07, 6.45) is 7.62. The second kappa shape index (κ2) is 7.39. The fourth-order valence-electron chi connectivity index (χ4n) is 5.10. The maximum Gasteiger partial charge on any atom is 0.251 e. The van der Waals surface area contributed by atoms with Crippen LogP contribution < -0.4 is 5.32 Å². The van der Waals surface area contributed by atoms with Gasteiger partial charge in [0.1, 0.15) is 10.5 Å². The van der Waals surface area contributed by atoms with Gasteiger partial charge in [-0.2, -0.15) is 0 Å². The fraction of sp³-hybridized carbons (Fsp3) is 0.333. The maximum atomic E-state index is 12.8. The monoisotopic (exact) mass is 464 g/mol. The summed E-state index contributed by atoms with van der Waals surface area (Å²) in [6.45, 7) is 2.01. The number of carbonyl (C=O) groups is 1. The number of oxazole rings is 1. The van der Waals surface area contributed by atoms with Crippen molar-refractivity contribution in [2.45, 2.75) is 44.6 Å². The molecule has 1 spiro atoms. The number of hydrogen-bond donors (Lipinski definition) is 1. The number of aryl methyl sites for hydroxylation is 1. The average molecular weight is 465 g/mol. The number of aromatic nitrogens is 3. The summed E-state index contributed by atoms with van der Waals surface area (Å²) in [5.74, 6) is 1.11. The molecular formula is C24H21ClN4O2S. The van der Waals surface area contributed by atoms with Gasteiger partial charge in [0.15, 0.2) is 11.5 Å². The van der Waals surface area contributed by atoms with Crippen molar-refractivity contribution in [1.82, 2.24) is 20.3 Å². The lowest BCUT2D eigenvalue weighted by Crippen LogP contribution is -2.55. The molecule has 162 valence electrons. The van der Waals surface area contributed by atoms with E-state index in [2.05, 4.69) is 20.3 Å². The number of thiazole rings is 1. The number of nitrogens with one attached hydrogen (secondary N) is 1. The van der Waals surface area contributed by atoms with Crippen molar-refractivity contribution in [2.24, 2.45) is 5.41 Å². The number of amides is 1. The molecule has 32 heavy (non-hydrogen) atoms. The normalized spacial score (nSPS) is 24.3. The first-order valence-corrected chi connectivity index (χ1v) is 11.9. The van der Waals surface area contributed by atoms with Gasteiger partial charge in [-0.1, -0.05) is 11.6 Å². The van der Waals surface area contributed by atoms with Crippen LogP contribution in [0.25, 0.3) is 21.8 Å². The second-order valence-electron chi connectivity index (χ2n) is 9.05. The highest BCUT2D eigenvalue weighted by molar-refractivity contribution is 7.14. The van der Waals surface area contributed by atoms with Crippen LogP contribution in [-0.4, -0.2) is 26.9 Å². The van der Waals surface area contributed by atoms with Crippen LogP contribution in [0, 0.1) is 12.3 Å². The zero-order chi connectivity index (χ0) is 21.9. The summed E-state index contributed by atoms with van der Waals surface area (Å²) in [7, 11) is 0. The second-order valence-corrected chi connectivity index (χ2v) is 10.7. The molecule has 1 N–H and O–H groups in total. The van der Waals surface area contributed by atoms with E-state index in [4.69, 9.17) is 16.0 Å². The Hall–Kier alpha value is -2.77. The average Bonchev–Trinajstić information content (AvgIpc) is 3.34. The predicted molar refractivity (Wildman–Crippen MR) is 124 cm³/mol. The van der Waals surface area contributed by atoms with Crippen LogP contribution in [0.15, 0.2) is 47.1 Å². The zero-order valence-corrected chi connectivity index (χ0v) is 19.0. The third-order valence-corrected chi connectivity index (χ3v) is 7.80. The molecule has 4 aromatic rings. The number of benzene rings is 1. The van der Waals surface area contributed by atoms with Crippen LogP contribution in [0.4, 0.5) is 0 Å². The number of rotatable bonds is 4.